The number of aromatic nitrogens is 4. The highest BCUT2D eigenvalue weighted by Crippen LogP contribution is 2.10. The lowest BCUT2D eigenvalue weighted by Gasteiger charge is -2.02. The molecule has 0 fully saturated rings. The van der Waals surface area contributed by atoms with E-state index >= 15 is 0 Å². The highest BCUT2D eigenvalue weighted by molar-refractivity contribution is 5.75. The van der Waals surface area contributed by atoms with Crippen LogP contribution < -0.4 is 5.32 Å². The zero-order valence-corrected chi connectivity index (χ0v) is 11.8. The van der Waals surface area contributed by atoms with Crippen LogP contribution in [0.2, 0.25) is 0 Å². The number of carbonyl (C=O) groups is 1. The second kappa shape index (κ2) is 6.16. The Kier molecular flexibility index (Phi) is 4.31. The molecule has 2 aromatic rings. The monoisotopic (exact) mass is 292 g/mol. The fourth-order valence-electron chi connectivity index (χ4n) is 1.81. The van der Waals surface area contributed by atoms with Crippen molar-refractivity contribution in [3.8, 4) is 0 Å². The van der Waals surface area contributed by atoms with Crippen molar-refractivity contribution in [3.63, 3.8) is 0 Å². The Labute approximate surface area is 120 Å². The molecule has 0 aliphatic carbocycles. The van der Waals surface area contributed by atoms with E-state index in [-0.39, 0.29) is 18.3 Å². The molecule has 2 rings (SSSR count). The van der Waals surface area contributed by atoms with Crippen molar-refractivity contribution < 1.29 is 9.72 Å². The van der Waals surface area contributed by atoms with Gasteiger partial charge in [-0.1, -0.05) is 0 Å². The molecule has 0 aromatic carbocycles. The Morgan fingerprint density at radius 2 is 2.29 bits per heavy atom. The van der Waals surface area contributed by atoms with E-state index < -0.39 is 4.92 Å². The van der Waals surface area contributed by atoms with Gasteiger partial charge in [-0.2, -0.15) is 9.78 Å². The fourth-order valence-corrected chi connectivity index (χ4v) is 1.81. The van der Waals surface area contributed by atoms with Gasteiger partial charge >= 0.3 is 5.82 Å². The Hall–Kier alpha value is -2.71. The first-order valence-corrected chi connectivity index (χ1v) is 6.46. The maximum absolute atomic E-state index is 11.8. The van der Waals surface area contributed by atoms with Crippen LogP contribution in [0.1, 0.15) is 18.2 Å². The predicted octanol–water partition coefficient (Wildman–Crippen LogP) is 0.633. The molecule has 2 heterocycles. The number of rotatable bonds is 6. The normalized spacial score (nSPS) is 10.6. The minimum absolute atomic E-state index is 0.0540. The smallest absolute Gasteiger partial charge is 0.358 e. The summed E-state index contributed by atoms with van der Waals surface area (Å²) >= 11 is 0. The molecule has 2 aromatic heterocycles. The minimum Gasteiger partial charge on any atom is -0.358 e. The second-order valence-electron chi connectivity index (χ2n) is 4.54. The lowest BCUT2D eigenvalue weighted by molar-refractivity contribution is -0.389. The van der Waals surface area contributed by atoms with Gasteiger partial charge in [0.2, 0.25) is 5.91 Å². The third-order valence-corrected chi connectivity index (χ3v) is 2.95. The van der Waals surface area contributed by atoms with E-state index in [1.54, 1.807) is 17.8 Å². The minimum atomic E-state index is -0.583. The third-order valence-electron chi connectivity index (χ3n) is 2.95. The molecule has 0 aliphatic heterocycles. The topological polar surface area (TPSA) is 108 Å². The summed E-state index contributed by atoms with van der Waals surface area (Å²) in [6, 6.07) is 1.33. The van der Waals surface area contributed by atoms with Gasteiger partial charge in [0.05, 0.1) is 23.1 Å². The molecule has 0 spiro atoms. The molecule has 9 heteroatoms. The van der Waals surface area contributed by atoms with Crippen molar-refractivity contribution in [2.45, 2.75) is 33.5 Å². The van der Waals surface area contributed by atoms with Crippen LogP contribution in [0.15, 0.2) is 18.5 Å². The molecule has 112 valence electrons. The lowest BCUT2D eigenvalue weighted by atomic mass is 10.3. The quantitative estimate of drug-likeness (QED) is 0.620. The maximum Gasteiger partial charge on any atom is 0.390 e. The molecule has 0 aliphatic rings. The standard InChI is InChI=1S/C12H16N6O3/c1-3-16-7-10(6-14-16)5-13-12(19)8-17-9(2)4-11(15-17)18(20)21/h4,6-7H,3,5,8H2,1-2H3,(H,13,19). The van der Waals surface area contributed by atoms with Crippen molar-refractivity contribution in [1.29, 1.82) is 0 Å². The molecule has 0 bridgehead atoms. The summed E-state index contributed by atoms with van der Waals surface area (Å²) in [4.78, 5) is 21.9. The summed E-state index contributed by atoms with van der Waals surface area (Å²) in [6.45, 7) is 4.72. The van der Waals surface area contributed by atoms with E-state index in [4.69, 9.17) is 0 Å². The van der Waals surface area contributed by atoms with Gasteiger partial charge in [-0.3, -0.25) is 9.48 Å². The SMILES string of the molecule is CCn1cc(CNC(=O)Cn2nc([N+](=O)[O-])cc2C)cn1. The largest absolute Gasteiger partial charge is 0.390 e. The Balaban J connectivity index is 1.91. The van der Waals surface area contributed by atoms with E-state index in [0.29, 0.717) is 12.2 Å². The average Bonchev–Trinajstić information content (AvgIpc) is 3.04. The third kappa shape index (κ3) is 3.65. The molecule has 0 unspecified atom stereocenters. The summed E-state index contributed by atoms with van der Waals surface area (Å²) in [5, 5.41) is 21.2. The van der Waals surface area contributed by atoms with Crippen LogP contribution in [0.4, 0.5) is 5.82 Å². The van der Waals surface area contributed by atoms with Crippen LogP contribution in [-0.4, -0.2) is 30.4 Å². The number of hydrogen-bond acceptors (Lipinski definition) is 5. The number of amides is 1. The van der Waals surface area contributed by atoms with E-state index in [1.165, 1.54) is 10.7 Å². The Morgan fingerprint density at radius 3 is 2.86 bits per heavy atom. The number of nitrogens with one attached hydrogen (secondary N) is 1. The highest BCUT2D eigenvalue weighted by Gasteiger charge is 2.17. The van der Waals surface area contributed by atoms with Gasteiger partial charge in [0.15, 0.2) is 0 Å². The van der Waals surface area contributed by atoms with Crippen LogP contribution in [0, 0.1) is 17.0 Å². The predicted molar refractivity (Wildman–Crippen MR) is 73.4 cm³/mol. The number of hydrogen-bond donors (Lipinski definition) is 1. The molecule has 0 saturated carbocycles. The number of aryl methyl sites for hydroxylation is 2. The van der Waals surface area contributed by atoms with Crippen molar-refractivity contribution >= 4 is 11.7 Å². The molecular formula is C12H16N6O3. The molecule has 0 saturated heterocycles. The summed E-state index contributed by atoms with van der Waals surface area (Å²) in [6.07, 6.45) is 3.54. The zero-order chi connectivity index (χ0) is 15.4. The van der Waals surface area contributed by atoms with Gasteiger partial charge in [-0.15, -0.1) is 0 Å². The summed E-state index contributed by atoms with van der Waals surface area (Å²) in [7, 11) is 0. The summed E-state index contributed by atoms with van der Waals surface area (Å²) in [5.74, 6) is -0.523. The lowest BCUT2D eigenvalue weighted by Crippen LogP contribution is -2.27. The number of carbonyl (C=O) groups excluding carboxylic acids is 1. The van der Waals surface area contributed by atoms with Crippen LogP contribution in [0.5, 0.6) is 0 Å². The molecule has 1 N–H and O–H groups in total. The average molecular weight is 292 g/mol. The molecule has 0 radical (unpaired) electrons. The van der Waals surface area contributed by atoms with Gasteiger partial charge in [0, 0.05) is 24.8 Å². The fraction of sp³-hybridized carbons (Fsp3) is 0.417. The molecule has 0 atom stereocenters. The van der Waals surface area contributed by atoms with Crippen molar-refractivity contribution in [1.82, 2.24) is 24.9 Å². The second-order valence-corrected chi connectivity index (χ2v) is 4.54. The van der Waals surface area contributed by atoms with E-state index in [9.17, 15) is 14.9 Å². The van der Waals surface area contributed by atoms with Gasteiger partial charge in [-0.05, 0) is 18.8 Å². The number of nitro groups is 1. The molecule has 1 amide bonds. The Morgan fingerprint density at radius 1 is 1.52 bits per heavy atom. The van der Waals surface area contributed by atoms with Gasteiger partial charge in [-0.25, -0.2) is 0 Å². The van der Waals surface area contributed by atoms with E-state index in [0.717, 1.165) is 12.1 Å². The number of nitrogens with zero attached hydrogens (tertiary/aromatic N) is 5. The van der Waals surface area contributed by atoms with Crippen LogP contribution in [-0.2, 0) is 24.4 Å². The summed E-state index contributed by atoms with van der Waals surface area (Å²) < 4.78 is 3.07. The van der Waals surface area contributed by atoms with Crippen LogP contribution in [0.25, 0.3) is 0 Å². The van der Waals surface area contributed by atoms with E-state index in [2.05, 4.69) is 15.5 Å². The van der Waals surface area contributed by atoms with Crippen molar-refractivity contribution in [2.24, 2.45) is 0 Å². The first-order valence-electron chi connectivity index (χ1n) is 6.46. The van der Waals surface area contributed by atoms with Crippen molar-refractivity contribution in [3.05, 3.63) is 39.8 Å². The first-order chi connectivity index (χ1) is 9.99. The van der Waals surface area contributed by atoms with Gasteiger partial charge < -0.3 is 15.4 Å². The Bertz CT molecular complexity index is 660. The first kappa shape index (κ1) is 14.7. The molecular weight excluding hydrogens is 276 g/mol. The molecule has 21 heavy (non-hydrogen) atoms. The molecule has 9 nitrogen and oxygen atoms in total. The van der Waals surface area contributed by atoms with E-state index in [1.807, 2.05) is 13.1 Å². The van der Waals surface area contributed by atoms with Crippen LogP contribution >= 0.6 is 0 Å². The summed E-state index contributed by atoms with van der Waals surface area (Å²) in [5.41, 5.74) is 1.46. The van der Waals surface area contributed by atoms with Gasteiger partial charge in [0.25, 0.3) is 0 Å². The van der Waals surface area contributed by atoms with Crippen molar-refractivity contribution in [2.75, 3.05) is 0 Å². The maximum atomic E-state index is 11.8. The van der Waals surface area contributed by atoms with Gasteiger partial charge in [0.1, 0.15) is 6.54 Å². The van der Waals surface area contributed by atoms with Crippen LogP contribution in [0.3, 0.4) is 0 Å². The zero-order valence-electron chi connectivity index (χ0n) is 11.8. The highest BCUT2D eigenvalue weighted by atomic mass is 16.6.